The van der Waals surface area contributed by atoms with E-state index in [2.05, 4.69) is 16.9 Å². The average Bonchev–Trinajstić information content (AvgIpc) is 2.81. The molecule has 0 radical (unpaired) electrons. The zero-order chi connectivity index (χ0) is 14.8. The highest BCUT2D eigenvalue weighted by Gasteiger charge is 2.18. The van der Waals surface area contributed by atoms with Gasteiger partial charge in [0.05, 0.1) is 6.67 Å². The molecule has 1 aromatic heterocycles. The average molecular weight is 324 g/mol. The van der Waals surface area contributed by atoms with E-state index in [1.54, 1.807) is 4.68 Å². The summed E-state index contributed by atoms with van der Waals surface area (Å²) in [6.45, 7) is 5.16. The Morgan fingerprint density at radius 1 is 1.38 bits per heavy atom. The Hall–Kier alpha value is -1.17. The molecule has 21 heavy (non-hydrogen) atoms. The summed E-state index contributed by atoms with van der Waals surface area (Å²) >= 11 is 11.2. The van der Waals surface area contributed by atoms with Crippen LogP contribution in [0.15, 0.2) is 28.7 Å². The van der Waals surface area contributed by atoms with Crippen LogP contribution in [0.1, 0.15) is 19.8 Å². The number of hydrogen-bond donors (Lipinski definition) is 0. The standard InChI is InChI=1S/C15H18ClN3OS/c1-11-3-2-8-18(9-11)10-19-15(21)20-14(17-19)12-4-6-13(16)7-5-12/h4-7,11H,2-3,8-10H2,1H3. The van der Waals surface area contributed by atoms with E-state index in [4.69, 9.17) is 28.2 Å². The number of nitrogens with zero attached hydrogens (tertiary/aromatic N) is 3. The molecule has 1 saturated heterocycles. The molecule has 4 nitrogen and oxygen atoms in total. The molecule has 0 amide bonds. The van der Waals surface area contributed by atoms with Gasteiger partial charge in [0.15, 0.2) is 0 Å². The second-order valence-electron chi connectivity index (χ2n) is 5.65. The van der Waals surface area contributed by atoms with Gasteiger partial charge in [-0.05, 0) is 61.8 Å². The molecule has 0 bridgehead atoms. The lowest BCUT2D eigenvalue weighted by Gasteiger charge is -2.30. The lowest BCUT2D eigenvalue weighted by molar-refractivity contribution is 0.136. The van der Waals surface area contributed by atoms with Crippen LogP contribution < -0.4 is 0 Å². The van der Waals surface area contributed by atoms with Crippen LogP contribution in [0, 0.1) is 10.8 Å². The van der Waals surface area contributed by atoms with Gasteiger partial charge in [-0.3, -0.25) is 4.90 Å². The molecule has 1 aliphatic rings. The number of hydrogen-bond acceptors (Lipinski definition) is 4. The van der Waals surface area contributed by atoms with E-state index in [1.807, 2.05) is 24.3 Å². The summed E-state index contributed by atoms with van der Waals surface area (Å²) in [7, 11) is 0. The molecule has 112 valence electrons. The highest BCUT2D eigenvalue weighted by atomic mass is 35.5. The zero-order valence-corrected chi connectivity index (χ0v) is 13.5. The highest BCUT2D eigenvalue weighted by Crippen LogP contribution is 2.21. The van der Waals surface area contributed by atoms with E-state index in [1.165, 1.54) is 12.8 Å². The van der Waals surface area contributed by atoms with Crippen LogP contribution in [-0.4, -0.2) is 27.8 Å². The van der Waals surface area contributed by atoms with Gasteiger partial charge in [-0.15, -0.1) is 5.10 Å². The molecule has 2 heterocycles. The molecule has 0 N–H and O–H groups in total. The summed E-state index contributed by atoms with van der Waals surface area (Å²) in [5.41, 5.74) is 0.885. The summed E-state index contributed by atoms with van der Waals surface area (Å²) in [6, 6.07) is 7.41. The largest absolute Gasteiger partial charge is 0.409 e. The third-order valence-electron chi connectivity index (χ3n) is 3.77. The normalized spacial score (nSPS) is 19.8. The molecule has 2 aromatic rings. The number of likely N-dealkylation sites (tertiary alicyclic amines) is 1. The first kappa shape index (κ1) is 14.8. The number of piperidine rings is 1. The first-order chi connectivity index (χ1) is 10.1. The fourth-order valence-corrected chi connectivity index (χ4v) is 3.01. The zero-order valence-electron chi connectivity index (χ0n) is 12.0. The van der Waals surface area contributed by atoms with E-state index in [0.29, 0.717) is 22.4 Å². The maximum atomic E-state index is 5.89. The lowest BCUT2D eigenvalue weighted by atomic mass is 10.0. The molecule has 1 aromatic carbocycles. The van der Waals surface area contributed by atoms with Crippen molar-refractivity contribution in [3.63, 3.8) is 0 Å². The molecule has 0 spiro atoms. The van der Waals surface area contributed by atoms with Crippen LogP contribution in [-0.2, 0) is 6.67 Å². The van der Waals surface area contributed by atoms with Crippen molar-refractivity contribution in [1.29, 1.82) is 0 Å². The lowest BCUT2D eigenvalue weighted by Crippen LogP contribution is -2.36. The Kier molecular flexibility index (Phi) is 4.42. The van der Waals surface area contributed by atoms with Gasteiger partial charge in [-0.2, -0.15) is 0 Å². The van der Waals surface area contributed by atoms with E-state index < -0.39 is 0 Å². The van der Waals surface area contributed by atoms with Crippen LogP contribution in [0.2, 0.25) is 5.02 Å². The van der Waals surface area contributed by atoms with Crippen molar-refractivity contribution in [2.45, 2.75) is 26.4 Å². The van der Waals surface area contributed by atoms with Gasteiger partial charge >= 0.3 is 0 Å². The molecule has 0 saturated carbocycles. The molecular formula is C15H18ClN3OS. The minimum absolute atomic E-state index is 0.415. The summed E-state index contributed by atoms with van der Waals surface area (Å²) in [4.78, 5) is 2.79. The Morgan fingerprint density at radius 2 is 2.14 bits per heavy atom. The molecule has 3 rings (SSSR count). The molecule has 1 fully saturated rings. The maximum Gasteiger partial charge on any atom is 0.288 e. The van der Waals surface area contributed by atoms with Crippen LogP contribution >= 0.6 is 23.8 Å². The second-order valence-corrected chi connectivity index (χ2v) is 6.43. The summed E-state index contributed by atoms with van der Waals surface area (Å²) < 4.78 is 7.37. The predicted molar refractivity (Wildman–Crippen MR) is 85.7 cm³/mol. The Bertz CT molecular complexity index is 664. The monoisotopic (exact) mass is 323 g/mol. The van der Waals surface area contributed by atoms with E-state index in [0.717, 1.165) is 24.6 Å². The molecule has 1 aliphatic heterocycles. The van der Waals surface area contributed by atoms with E-state index >= 15 is 0 Å². The topological polar surface area (TPSA) is 34.2 Å². The van der Waals surface area contributed by atoms with E-state index in [-0.39, 0.29) is 0 Å². The number of halogens is 1. The van der Waals surface area contributed by atoms with Crippen molar-refractivity contribution in [1.82, 2.24) is 14.7 Å². The summed E-state index contributed by atoms with van der Waals surface area (Å²) in [5.74, 6) is 1.28. The van der Waals surface area contributed by atoms with Crippen LogP contribution in [0.25, 0.3) is 11.5 Å². The summed E-state index contributed by atoms with van der Waals surface area (Å²) in [6.07, 6.45) is 2.53. The molecule has 0 aliphatic carbocycles. The molecule has 6 heteroatoms. The van der Waals surface area contributed by atoms with Gasteiger partial charge in [0.2, 0.25) is 5.89 Å². The minimum atomic E-state index is 0.415. The summed E-state index contributed by atoms with van der Waals surface area (Å²) in [5, 5.41) is 5.18. The molecule has 1 unspecified atom stereocenters. The van der Waals surface area contributed by atoms with Crippen molar-refractivity contribution < 1.29 is 4.42 Å². The van der Waals surface area contributed by atoms with Crippen molar-refractivity contribution in [2.24, 2.45) is 5.92 Å². The number of benzene rings is 1. The maximum absolute atomic E-state index is 5.89. The Labute approximate surface area is 134 Å². The molecular weight excluding hydrogens is 306 g/mol. The van der Waals surface area contributed by atoms with Crippen LogP contribution in [0.3, 0.4) is 0 Å². The van der Waals surface area contributed by atoms with Gasteiger partial charge in [0, 0.05) is 17.1 Å². The number of rotatable bonds is 3. The van der Waals surface area contributed by atoms with Crippen LogP contribution in [0.4, 0.5) is 0 Å². The van der Waals surface area contributed by atoms with Crippen molar-refractivity contribution >= 4 is 23.8 Å². The second kappa shape index (κ2) is 6.30. The van der Waals surface area contributed by atoms with Crippen LogP contribution in [0.5, 0.6) is 0 Å². The van der Waals surface area contributed by atoms with Crippen molar-refractivity contribution in [3.05, 3.63) is 34.1 Å². The van der Waals surface area contributed by atoms with Crippen molar-refractivity contribution in [2.75, 3.05) is 13.1 Å². The third kappa shape index (κ3) is 3.54. The van der Waals surface area contributed by atoms with Gasteiger partial charge in [0.25, 0.3) is 4.84 Å². The predicted octanol–water partition coefficient (Wildman–Crippen LogP) is 4.22. The SMILES string of the molecule is CC1CCCN(Cn2nc(-c3ccc(Cl)cc3)oc2=S)C1. The number of aromatic nitrogens is 2. The first-order valence-corrected chi connectivity index (χ1v) is 7.96. The molecule has 1 atom stereocenters. The first-order valence-electron chi connectivity index (χ1n) is 7.18. The van der Waals surface area contributed by atoms with E-state index in [9.17, 15) is 0 Å². The van der Waals surface area contributed by atoms with Gasteiger partial charge < -0.3 is 4.42 Å². The van der Waals surface area contributed by atoms with Crippen molar-refractivity contribution in [3.8, 4) is 11.5 Å². The van der Waals surface area contributed by atoms with Gasteiger partial charge in [-0.25, -0.2) is 4.68 Å². The quantitative estimate of drug-likeness (QED) is 0.792. The smallest absolute Gasteiger partial charge is 0.288 e. The fraction of sp³-hybridized carbons (Fsp3) is 0.467. The minimum Gasteiger partial charge on any atom is -0.409 e. The Balaban J connectivity index is 1.78. The van der Waals surface area contributed by atoms with Gasteiger partial charge in [0.1, 0.15) is 0 Å². The Morgan fingerprint density at radius 3 is 2.86 bits per heavy atom. The highest BCUT2D eigenvalue weighted by molar-refractivity contribution is 7.71. The third-order valence-corrected chi connectivity index (χ3v) is 4.32. The fourth-order valence-electron chi connectivity index (χ4n) is 2.71. The van der Waals surface area contributed by atoms with Gasteiger partial charge in [-0.1, -0.05) is 18.5 Å².